The lowest BCUT2D eigenvalue weighted by Gasteiger charge is -2.19. The van der Waals surface area contributed by atoms with Crippen molar-refractivity contribution in [3.05, 3.63) is 54.4 Å². The van der Waals surface area contributed by atoms with Gasteiger partial charge in [-0.1, -0.05) is 12.1 Å². The maximum Gasteiger partial charge on any atom is 0.0598 e. The zero-order valence-electron chi connectivity index (χ0n) is 10.2. The maximum absolute atomic E-state index is 4.33. The second-order valence-corrected chi connectivity index (χ2v) is 3.98. The number of hydrogen-bond acceptors (Lipinski definition) is 3. The highest BCUT2D eigenvalue weighted by Gasteiger charge is 2.03. The first-order valence-corrected chi connectivity index (χ1v) is 5.68. The summed E-state index contributed by atoms with van der Waals surface area (Å²) >= 11 is 0. The first-order chi connectivity index (χ1) is 8.29. The van der Waals surface area contributed by atoms with Crippen LogP contribution in [0.4, 0.5) is 11.4 Å². The zero-order chi connectivity index (χ0) is 12.1. The monoisotopic (exact) mass is 227 g/mol. The SMILES string of the molecule is CNc1cccc(N(C)Cc2ccccn2)c1. The molecule has 1 aromatic heterocycles. The molecule has 0 spiro atoms. The third-order valence-electron chi connectivity index (χ3n) is 2.70. The highest BCUT2D eigenvalue weighted by atomic mass is 15.1. The lowest BCUT2D eigenvalue weighted by atomic mass is 10.2. The molecule has 0 saturated heterocycles. The van der Waals surface area contributed by atoms with E-state index in [2.05, 4.69) is 46.5 Å². The van der Waals surface area contributed by atoms with Crippen molar-refractivity contribution in [2.24, 2.45) is 0 Å². The van der Waals surface area contributed by atoms with Crippen molar-refractivity contribution >= 4 is 11.4 Å². The van der Waals surface area contributed by atoms with Crippen LogP contribution in [0, 0.1) is 0 Å². The van der Waals surface area contributed by atoms with E-state index in [1.165, 1.54) is 5.69 Å². The Morgan fingerprint density at radius 3 is 2.76 bits per heavy atom. The molecule has 0 radical (unpaired) electrons. The van der Waals surface area contributed by atoms with Gasteiger partial charge in [0, 0.05) is 31.7 Å². The van der Waals surface area contributed by atoms with Crippen LogP contribution in [0.1, 0.15) is 5.69 Å². The molecular formula is C14H17N3. The van der Waals surface area contributed by atoms with Crippen molar-refractivity contribution in [1.82, 2.24) is 4.98 Å². The number of nitrogens with zero attached hydrogens (tertiary/aromatic N) is 2. The van der Waals surface area contributed by atoms with E-state index in [0.717, 1.165) is 17.9 Å². The van der Waals surface area contributed by atoms with Gasteiger partial charge in [-0.15, -0.1) is 0 Å². The van der Waals surface area contributed by atoms with E-state index in [0.29, 0.717) is 0 Å². The summed E-state index contributed by atoms with van der Waals surface area (Å²) in [6.07, 6.45) is 1.83. The molecular weight excluding hydrogens is 210 g/mol. The molecule has 0 unspecified atom stereocenters. The van der Waals surface area contributed by atoms with Crippen molar-refractivity contribution in [3.63, 3.8) is 0 Å². The summed E-state index contributed by atoms with van der Waals surface area (Å²) in [5.74, 6) is 0. The minimum atomic E-state index is 0.813. The molecule has 0 atom stereocenters. The van der Waals surface area contributed by atoms with Crippen LogP contribution in [-0.2, 0) is 6.54 Å². The van der Waals surface area contributed by atoms with Crippen LogP contribution in [0.5, 0.6) is 0 Å². The van der Waals surface area contributed by atoms with E-state index in [1.54, 1.807) is 0 Å². The lowest BCUT2D eigenvalue weighted by Crippen LogP contribution is -2.17. The fourth-order valence-corrected chi connectivity index (χ4v) is 1.72. The molecule has 0 amide bonds. The van der Waals surface area contributed by atoms with Gasteiger partial charge in [0.25, 0.3) is 0 Å². The van der Waals surface area contributed by atoms with Gasteiger partial charge in [-0.3, -0.25) is 4.98 Å². The van der Waals surface area contributed by atoms with Crippen molar-refractivity contribution in [3.8, 4) is 0 Å². The van der Waals surface area contributed by atoms with E-state index in [-0.39, 0.29) is 0 Å². The average Bonchev–Trinajstić information content (AvgIpc) is 2.40. The standard InChI is InChI=1S/C14H17N3/c1-15-12-7-5-8-14(10-12)17(2)11-13-6-3-4-9-16-13/h3-10,15H,11H2,1-2H3. The summed E-state index contributed by atoms with van der Waals surface area (Å²) in [5.41, 5.74) is 3.38. The molecule has 0 aliphatic rings. The summed E-state index contributed by atoms with van der Waals surface area (Å²) in [7, 11) is 4.00. The van der Waals surface area contributed by atoms with Gasteiger partial charge in [0.1, 0.15) is 0 Å². The molecule has 0 bridgehead atoms. The fraction of sp³-hybridized carbons (Fsp3) is 0.214. The Bertz CT molecular complexity index is 468. The van der Waals surface area contributed by atoms with Crippen molar-refractivity contribution in [1.29, 1.82) is 0 Å². The first kappa shape index (κ1) is 11.5. The molecule has 2 rings (SSSR count). The Balaban J connectivity index is 2.11. The Morgan fingerprint density at radius 2 is 2.06 bits per heavy atom. The highest BCUT2D eigenvalue weighted by molar-refractivity contribution is 5.57. The molecule has 0 aliphatic carbocycles. The smallest absolute Gasteiger partial charge is 0.0598 e. The molecule has 1 N–H and O–H groups in total. The number of nitrogens with one attached hydrogen (secondary N) is 1. The van der Waals surface area contributed by atoms with Gasteiger partial charge in [0.05, 0.1) is 12.2 Å². The molecule has 1 heterocycles. The van der Waals surface area contributed by atoms with Gasteiger partial charge in [0.2, 0.25) is 0 Å². The van der Waals surface area contributed by atoms with Crippen molar-refractivity contribution < 1.29 is 0 Å². The fourth-order valence-electron chi connectivity index (χ4n) is 1.72. The van der Waals surface area contributed by atoms with E-state index in [9.17, 15) is 0 Å². The Hall–Kier alpha value is -2.03. The van der Waals surface area contributed by atoms with E-state index < -0.39 is 0 Å². The van der Waals surface area contributed by atoms with Crippen LogP contribution in [0.2, 0.25) is 0 Å². The second-order valence-electron chi connectivity index (χ2n) is 3.98. The molecule has 0 aliphatic heterocycles. The van der Waals surface area contributed by atoms with Crippen molar-refractivity contribution in [2.75, 3.05) is 24.3 Å². The number of anilines is 2. The third kappa shape index (κ3) is 2.97. The largest absolute Gasteiger partial charge is 0.388 e. The number of benzene rings is 1. The summed E-state index contributed by atoms with van der Waals surface area (Å²) in [6.45, 7) is 0.813. The number of hydrogen-bond donors (Lipinski definition) is 1. The number of rotatable bonds is 4. The van der Waals surface area contributed by atoms with Gasteiger partial charge < -0.3 is 10.2 Å². The second kappa shape index (κ2) is 5.34. The van der Waals surface area contributed by atoms with Gasteiger partial charge in [-0.25, -0.2) is 0 Å². The summed E-state index contributed by atoms with van der Waals surface area (Å²) < 4.78 is 0. The Labute approximate surface area is 102 Å². The van der Waals surface area contributed by atoms with Crippen LogP contribution in [0.25, 0.3) is 0 Å². The molecule has 17 heavy (non-hydrogen) atoms. The summed E-state index contributed by atoms with van der Waals surface area (Å²) in [4.78, 5) is 6.51. The molecule has 3 nitrogen and oxygen atoms in total. The highest BCUT2D eigenvalue weighted by Crippen LogP contribution is 2.19. The Kier molecular flexibility index (Phi) is 3.60. The minimum Gasteiger partial charge on any atom is -0.388 e. The van der Waals surface area contributed by atoms with Crippen LogP contribution < -0.4 is 10.2 Å². The predicted molar refractivity (Wildman–Crippen MR) is 72.3 cm³/mol. The maximum atomic E-state index is 4.33. The van der Waals surface area contributed by atoms with Gasteiger partial charge in [0.15, 0.2) is 0 Å². The molecule has 2 aromatic rings. The van der Waals surface area contributed by atoms with E-state index in [1.807, 2.05) is 31.4 Å². The molecule has 88 valence electrons. The van der Waals surface area contributed by atoms with Crippen LogP contribution >= 0.6 is 0 Å². The Morgan fingerprint density at radius 1 is 1.18 bits per heavy atom. The van der Waals surface area contributed by atoms with Crippen LogP contribution in [0.3, 0.4) is 0 Å². The topological polar surface area (TPSA) is 28.2 Å². The summed E-state index contributed by atoms with van der Waals surface area (Å²) in [6, 6.07) is 14.3. The molecule has 0 fully saturated rings. The molecule has 3 heteroatoms. The van der Waals surface area contributed by atoms with Gasteiger partial charge >= 0.3 is 0 Å². The van der Waals surface area contributed by atoms with Crippen LogP contribution in [0.15, 0.2) is 48.7 Å². The predicted octanol–water partition coefficient (Wildman–Crippen LogP) is 2.76. The quantitative estimate of drug-likeness (QED) is 0.870. The molecule has 1 aromatic carbocycles. The average molecular weight is 227 g/mol. The number of aromatic nitrogens is 1. The van der Waals surface area contributed by atoms with E-state index in [4.69, 9.17) is 0 Å². The third-order valence-corrected chi connectivity index (χ3v) is 2.70. The minimum absolute atomic E-state index is 0.813. The van der Waals surface area contributed by atoms with E-state index >= 15 is 0 Å². The van der Waals surface area contributed by atoms with Crippen molar-refractivity contribution in [2.45, 2.75) is 6.54 Å². The first-order valence-electron chi connectivity index (χ1n) is 5.68. The van der Waals surface area contributed by atoms with Gasteiger partial charge in [-0.2, -0.15) is 0 Å². The zero-order valence-corrected chi connectivity index (χ0v) is 10.2. The van der Waals surface area contributed by atoms with Crippen LogP contribution in [-0.4, -0.2) is 19.1 Å². The lowest BCUT2D eigenvalue weighted by molar-refractivity contribution is 0.885. The normalized spacial score (nSPS) is 10.0. The molecule has 0 saturated carbocycles. The summed E-state index contributed by atoms with van der Waals surface area (Å²) in [5, 5.41) is 3.14. The number of pyridine rings is 1. The van der Waals surface area contributed by atoms with Gasteiger partial charge in [-0.05, 0) is 30.3 Å².